The Morgan fingerprint density at radius 2 is 1.80 bits per heavy atom. The molecule has 9 heteroatoms. The fourth-order valence-corrected chi connectivity index (χ4v) is 3.29. The molecule has 0 unspecified atom stereocenters. The average Bonchev–Trinajstić information content (AvgIpc) is 2.74. The fourth-order valence-electron chi connectivity index (χ4n) is 3.29. The van der Waals surface area contributed by atoms with Gasteiger partial charge in [-0.05, 0) is 31.0 Å². The Bertz CT molecular complexity index is 679. The molecule has 0 aromatic heterocycles. The molecule has 1 aromatic carbocycles. The zero-order chi connectivity index (χ0) is 21.1. The summed E-state index contributed by atoms with van der Waals surface area (Å²) in [6.07, 6.45) is 0.859. The molecule has 1 aromatic rings. The number of ether oxygens (including phenoxy) is 2. The van der Waals surface area contributed by atoms with Gasteiger partial charge in [0.2, 0.25) is 5.91 Å². The van der Waals surface area contributed by atoms with Crippen LogP contribution in [0.3, 0.4) is 0 Å². The van der Waals surface area contributed by atoms with Crippen LogP contribution in [-0.4, -0.2) is 88.2 Å². The molecule has 0 bridgehead atoms. The van der Waals surface area contributed by atoms with Crippen LogP contribution >= 0.6 is 24.0 Å². The third-order valence-electron chi connectivity index (χ3n) is 5.00. The van der Waals surface area contributed by atoms with Gasteiger partial charge in [0.15, 0.2) is 17.5 Å². The van der Waals surface area contributed by atoms with Crippen molar-refractivity contribution in [2.24, 2.45) is 4.99 Å². The Morgan fingerprint density at radius 3 is 2.40 bits per heavy atom. The van der Waals surface area contributed by atoms with Crippen LogP contribution in [0.25, 0.3) is 0 Å². The number of guanidine groups is 1. The summed E-state index contributed by atoms with van der Waals surface area (Å²) in [5.74, 6) is 2.48. The molecule has 1 aliphatic heterocycles. The average molecular weight is 533 g/mol. The highest BCUT2D eigenvalue weighted by Crippen LogP contribution is 2.27. The number of halogens is 1. The minimum absolute atomic E-state index is 0. The lowest BCUT2D eigenvalue weighted by molar-refractivity contribution is -0.130. The number of nitrogens with one attached hydrogen (secondary N) is 2. The van der Waals surface area contributed by atoms with Crippen molar-refractivity contribution >= 4 is 35.8 Å². The van der Waals surface area contributed by atoms with E-state index in [-0.39, 0.29) is 29.9 Å². The van der Waals surface area contributed by atoms with Gasteiger partial charge in [-0.1, -0.05) is 6.07 Å². The monoisotopic (exact) mass is 533 g/mol. The predicted molar refractivity (Wildman–Crippen MR) is 131 cm³/mol. The SMILES string of the molecule is CCNC(=NCCN1CCN(C(C)=O)CC1)NCCc1ccc(OC)c(OC)c1.I. The first-order chi connectivity index (χ1) is 14.1. The highest BCUT2D eigenvalue weighted by atomic mass is 127. The van der Waals surface area contributed by atoms with E-state index < -0.39 is 0 Å². The van der Waals surface area contributed by atoms with E-state index in [2.05, 4.69) is 27.4 Å². The maximum Gasteiger partial charge on any atom is 0.219 e. The van der Waals surface area contributed by atoms with Gasteiger partial charge >= 0.3 is 0 Å². The topological polar surface area (TPSA) is 78.4 Å². The number of rotatable bonds is 9. The van der Waals surface area contributed by atoms with Crippen molar-refractivity contribution in [1.29, 1.82) is 0 Å². The molecule has 1 heterocycles. The molecule has 1 saturated heterocycles. The number of nitrogens with zero attached hydrogens (tertiary/aromatic N) is 3. The Balaban J connectivity index is 0.00000450. The third-order valence-corrected chi connectivity index (χ3v) is 5.00. The number of methoxy groups -OCH3 is 2. The molecule has 2 N–H and O–H groups in total. The molecule has 0 atom stereocenters. The van der Waals surface area contributed by atoms with E-state index in [9.17, 15) is 4.79 Å². The summed E-state index contributed by atoms with van der Waals surface area (Å²) in [5, 5.41) is 6.68. The molecule has 0 radical (unpaired) electrons. The number of carbonyl (C=O) groups excluding carboxylic acids is 1. The van der Waals surface area contributed by atoms with E-state index in [0.717, 1.165) is 76.2 Å². The normalized spacial score (nSPS) is 14.7. The third kappa shape index (κ3) is 8.55. The molecular formula is C21H36IN5O3. The van der Waals surface area contributed by atoms with Gasteiger partial charge in [0.25, 0.3) is 0 Å². The number of benzene rings is 1. The second kappa shape index (κ2) is 14.3. The quantitative estimate of drug-likeness (QED) is 0.285. The maximum atomic E-state index is 11.4. The maximum absolute atomic E-state index is 11.4. The van der Waals surface area contributed by atoms with Crippen molar-refractivity contribution in [2.45, 2.75) is 20.3 Å². The molecule has 8 nitrogen and oxygen atoms in total. The van der Waals surface area contributed by atoms with Crippen molar-refractivity contribution in [3.8, 4) is 11.5 Å². The van der Waals surface area contributed by atoms with Gasteiger partial charge in [-0.15, -0.1) is 24.0 Å². The highest BCUT2D eigenvalue weighted by Gasteiger charge is 2.17. The smallest absolute Gasteiger partial charge is 0.219 e. The van der Waals surface area contributed by atoms with Gasteiger partial charge < -0.3 is 25.0 Å². The minimum atomic E-state index is 0. The van der Waals surface area contributed by atoms with Crippen LogP contribution in [0.4, 0.5) is 0 Å². The lowest BCUT2D eigenvalue weighted by Gasteiger charge is -2.33. The number of hydrogen-bond acceptors (Lipinski definition) is 5. The molecule has 0 saturated carbocycles. The van der Waals surface area contributed by atoms with E-state index in [1.807, 2.05) is 23.1 Å². The first-order valence-electron chi connectivity index (χ1n) is 10.3. The van der Waals surface area contributed by atoms with E-state index >= 15 is 0 Å². The highest BCUT2D eigenvalue weighted by molar-refractivity contribution is 14.0. The van der Waals surface area contributed by atoms with Gasteiger partial charge in [-0.25, -0.2) is 0 Å². The predicted octanol–water partition coefficient (Wildman–Crippen LogP) is 1.58. The molecule has 1 amide bonds. The van der Waals surface area contributed by atoms with Crippen LogP contribution in [0.15, 0.2) is 23.2 Å². The van der Waals surface area contributed by atoms with Gasteiger partial charge in [0.1, 0.15) is 0 Å². The molecule has 2 rings (SSSR count). The summed E-state index contributed by atoms with van der Waals surface area (Å²) in [4.78, 5) is 20.3. The van der Waals surface area contributed by atoms with E-state index in [1.165, 1.54) is 5.56 Å². The largest absolute Gasteiger partial charge is 0.493 e. The molecule has 0 aliphatic carbocycles. The van der Waals surface area contributed by atoms with Gasteiger partial charge in [0, 0.05) is 52.7 Å². The number of amides is 1. The lowest BCUT2D eigenvalue weighted by Crippen LogP contribution is -2.48. The number of hydrogen-bond donors (Lipinski definition) is 2. The van der Waals surface area contributed by atoms with Crippen molar-refractivity contribution in [3.63, 3.8) is 0 Å². The van der Waals surface area contributed by atoms with Crippen LogP contribution in [0.1, 0.15) is 19.4 Å². The van der Waals surface area contributed by atoms with E-state index in [1.54, 1.807) is 21.1 Å². The summed E-state index contributed by atoms with van der Waals surface area (Å²) in [6.45, 7) is 10.4. The molecule has 30 heavy (non-hydrogen) atoms. The Kier molecular flexibility index (Phi) is 12.5. The van der Waals surface area contributed by atoms with Crippen molar-refractivity contribution < 1.29 is 14.3 Å². The second-order valence-corrected chi connectivity index (χ2v) is 6.97. The summed E-state index contributed by atoms with van der Waals surface area (Å²) in [6, 6.07) is 5.98. The van der Waals surface area contributed by atoms with Gasteiger partial charge in [-0.2, -0.15) is 0 Å². The van der Waals surface area contributed by atoms with Gasteiger partial charge in [0.05, 0.1) is 20.8 Å². The Morgan fingerprint density at radius 1 is 1.10 bits per heavy atom. The standard InChI is InChI=1S/C21H35N5O3.HI/c1-5-22-21(24-10-11-25-12-14-26(15-13-25)17(2)27)23-9-8-18-6-7-19(28-3)20(16-18)29-4;/h6-7,16H,5,8-15H2,1-4H3,(H2,22,23,24);1H. The molecule has 1 aliphatic rings. The van der Waals surface area contributed by atoms with Crippen LogP contribution in [0.5, 0.6) is 11.5 Å². The zero-order valence-electron chi connectivity index (χ0n) is 18.6. The first kappa shape index (κ1) is 26.3. The van der Waals surface area contributed by atoms with Crippen LogP contribution in [-0.2, 0) is 11.2 Å². The van der Waals surface area contributed by atoms with Crippen LogP contribution in [0.2, 0.25) is 0 Å². The molecular weight excluding hydrogens is 497 g/mol. The van der Waals surface area contributed by atoms with E-state index in [0.29, 0.717) is 0 Å². The second-order valence-electron chi connectivity index (χ2n) is 6.97. The Hall–Kier alpha value is -1.75. The van der Waals surface area contributed by atoms with Gasteiger partial charge in [-0.3, -0.25) is 14.7 Å². The summed E-state index contributed by atoms with van der Waals surface area (Å²) >= 11 is 0. The summed E-state index contributed by atoms with van der Waals surface area (Å²) in [5.41, 5.74) is 1.18. The molecule has 1 fully saturated rings. The van der Waals surface area contributed by atoms with Crippen molar-refractivity contribution in [3.05, 3.63) is 23.8 Å². The summed E-state index contributed by atoms with van der Waals surface area (Å²) in [7, 11) is 3.29. The molecule has 170 valence electrons. The minimum Gasteiger partial charge on any atom is -0.493 e. The number of carbonyl (C=O) groups is 1. The summed E-state index contributed by atoms with van der Waals surface area (Å²) < 4.78 is 10.7. The zero-order valence-corrected chi connectivity index (χ0v) is 20.9. The lowest BCUT2D eigenvalue weighted by atomic mass is 10.1. The van der Waals surface area contributed by atoms with Crippen LogP contribution in [0, 0.1) is 0 Å². The number of aliphatic imine (C=N–C) groups is 1. The van der Waals surface area contributed by atoms with Crippen molar-refractivity contribution in [2.75, 3.05) is 66.6 Å². The molecule has 0 spiro atoms. The Labute approximate surface area is 197 Å². The van der Waals surface area contributed by atoms with Crippen LogP contribution < -0.4 is 20.1 Å². The fraction of sp³-hybridized carbons (Fsp3) is 0.619. The van der Waals surface area contributed by atoms with Crippen molar-refractivity contribution in [1.82, 2.24) is 20.4 Å². The number of piperazine rings is 1. The van der Waals surface area contributed by atoms with E-state index in [4.69, 9.17) is 9.47 Å². The first-order valence-corrected chi connectivity index (χ1v) is 10.3.